The van der Waals surface area contributed by atoms with Crippen LogP contribution in [-0.4, -0.2) is 43.4 Å². The van der Waals surface area contributed by atoms with Crippen molar-refractivity contribution in [3.8, 4) is 11.5 Å². The van der Waals surface area contributed by atoms with Gasteiger partial charge in [0.2, 0.25) is 0 Å². The van der Waals surface area contributed by atoms with Crippen LogP contribution in [0.3, 0.4) is 0 Å². The van der Waals surface area contributed by atoms with Crippen molar-refractivity contribution in [3.05, 3.63) is 23.3 Å². The van der Waals surface area contributed by atoms with Crippen LogP contribution in [0.15, 0.2) is 12.1 Å². The molecule has 0 aliphatic heterocycles. The van der Waals surface area contributed by atoms with Crippen LogP contribution in [0.25, 0.3) is 0 Å². The molecule has 0 unspecified atom stereocenters. The van der Waals surface area contributed by atoms with Gasteiger partial charge in [-0.2, -0.15) is 0 Å². The van der Waals surface area contributed by atoms with Crippen LogP contribution in [0.1, 0.15) is 36.8 Å². The molecule has 0 heterocycles. The third kappa shape index (κ3) is 3.89. The number of benzene rings is 1. The van der Waals surface area contributed by atoms with Crippen molar-refractivity contribution in [2.45, 2.75) is 44.8 Å². The first-order valence-electron chi connectivity index (χ1n) is 7.60. The van der Waals surface area contributed by atoms with E-state index in [9.17, 15) is 5.11 Å². The minimum absolute atomic E-state index is 0.501. The highest BCUT2D eigenvalue weighted by Gasteiger charge is 2.32. The van der Waals surface area contributed by atoms with Crippen LogP contribution in [-0.2, 0) is 6.54 Å². The summed E-state index contributed by atoms with van der Waals surface area (Å²) in [6.07, 6.45) is 4.12. The molecule has 1 fully saturated rings. The van der Waals surface area contributed by atoms with Gasteiger partial charge in [0.1, 0.15) is 0 Å². The SMILES string of the molecule is COc1cc(C)c(CN(C)CC2(O)CCCC2)cc1OC. The monoisotopic (exact) mass is 293 g/mol. The van der Waals surface area contributed by atoms with Gasteiger partial charge in [-0.1, -0.05) is 12.8 Å². The number of ether oxygens (including phenoxy) is 2. The third-order valence-corrected chi connectivity index (χ3v) is 4.38. The topological polar surface area (TPSA) is 41.9 Å². The minimum atomic E-state index is -0.501. The van der Waals surface area contributed by atoms with Crippen molar-refractivity contribution in [2.24, 2.45) is 0 Å². The first kappa shape index (κ1) is 16.1. The van der Waals surface area contributed by atoms with Gasteiger partial charge in [-0.3, -0.25) is 4.90 Å². The molecule has 0 radical (unpaired) electrons. The molecule has 1 aromatic carbocycles. The van der Waals surface area contributed by atoms with Gasteiger partial charge in [0.05, 0.1) is 19.8 Å². The number of aryl methyl sites for hydroxylation is 1. The lowest BCUT2D eigenvalue weighted by atomic mass is 10.0. The lowest BCUT2D eigenvalue weighted by Gasteiger charge is -2.29. The highest BCUT2D eigenvalue weighted by Crippen LogP contribution is 2.32. The van der Waals surface area contributed by atoms with E-state index >= 15 is 0 Å². The van der Waals surface area contributed by atoms with Crippen LogP contribution in [0.2, 0.25) is 0 Å². The van der Waals surface area contributed by atoms with Gasteiger partial charge < -0.3 is 14.6 Å². The van der Waals surface area contributed by atoms with Crippen LogP contribution in [0.5, 0.6) is 11.5 Å². The molecular formula is C17H27NO3. The Hall–Kier alpha value is -1.26. The molecule has 118 valence electrons. The maximum Gasteiger partial charge on any atom is 0.161 e. The Morgan fingerprint density at radius 3 is 2.29 bits per heavy atom. The van der Waals surface area contributed by atoms with Crippen LogP contribution in [0.4, 0.5) is 0 Å². The maximum absolute atomic E-state index is 10.5. The fourth-order valence-corrected chi connectivity index (χ4v) is 3.23. The molecule has 0 saturated heterocycles. The summed E-state index contributed by atoms with van der Waals surface area (Å²) >= 11 is 0. The number of methoxy groups -OCH3 is 2. The molecule has 0 amide bonds. The summed E-state index contributed by atoms with van der Waals surface area (Å²) in [5, 5.41) is 10.5. The zero-order valence-electron chi connectivity index (χ0n) is 13.6. The van der Waals surface area contributed by atoms with Crippen molar-refractivity contribution >= 4 is 0 Å². The molecule has 1 aliphatic rings. The average molecular weight is 293 g/mol. The average Bonchev–Trinajstić information content (AvgIpc) is 2.86. The quantitative estimate of drug-likeness (QED) is 0.875. The summed E-state index contributed by atoms with van der Waals surface area (Å²) in [5.41, 5.74) is 1.88. The van der Waals surface area contributed by atoms with Gasteiger partial charge in [0.15, 0.2) is 11.5 Å². The van der Waals surface area contributed by atoms with Gasteiger partial charge in [-0.15, -0.1) is 0 Å². The van der Waals surface area contributed by atoms with Gasteiger partial charge in [-0.25, -0.2) is 0 Å². The Bertz CT molecular complexity index is 481. The maximum atomic E-state index is 10.5. The molecule has 1 aliphatic carbocycles. The van der Waals surface area contributed by atoms with E-state index < -0.39 is 5.60 Å². The van der Waals surface area contributed by atoms with Crippen molar-refractivity contribution in [2.75, 3.05) is 27.8 Å². The van der Waals surface area contributed by atoms with Crippen LogP contribution < -0.4 is 9.47 Å². The van der Waals surface area contributed by atoms with Crippen molar-refractivity contribution in [3.63, 3.8) is 0 Å². The molecule has 21 heavy (non-hydrogen) atoms. The molecule has 0 atom stereocenters. The molecule has 1 aromatic rings. The van der Waals surface area contributed by atoms with Gasteiger partial charge >= 0.3 is 0 Å². The van der Waals surface area contributed by atoms with E-state index in [1.165, 1.54) is 11.1 Å². The predicted octanol–water partition coefficient (Wildman–Crippen LogP) is 2.75. The number of nitrogens with zero attached hydrogens (tertiary/aromatic N) is 1. The van der Waals surface area contributed by atoms with Crippen molar-refractivity contribution < 1.29 is 14.6 Å². The fourth-order valence-electron chi connectivity index (χ4n) is 3.23. The van der Waals surface area contributed by atoms with Crippen molar-refractivity contribution in [1.82, 2.24) is 4.90 Å². The van der Waals surface area contributed by atoms with Crippen molar-refractivity contribution in [1.29, 1.82) is 0 Å². The molecule has 4 nitrogen and oxygen atoms in total. The van der Waals surface area contributed by atoms with Gasteiger partial charge in [0, 0.05) is 13.1 Å². The summed E-state index contributed by atoms with van der Waals surface area (Å²) < 4.78 is 10.7. The second kappa shape index (κ2) is 6.67. The standard InChI is InChI=1S/C17H27NO3/c1-13-9-15(20-3)16(21-4)10-14(13)11-18(2)12-17(19)7-5-6-8-17/h9-10,19H,5-8,11-12H2,1-4H3. The minimum Gasteiger partial charge on any atom is -0.493 e. The zero-order valence-corrected chi connectivity index (χ0v) is 13.6. The lowest BCUT2D eigenvalue weighted by molar-refractivity contribution is 0.0145. The first-order valence-corrected chi connectivity index (χ1v) is 7.60. The first-order chi connectivity index (χ1) is 9.97. The molecule has 0 bridgehead atoms. The molecule has 4 heteroatoms. The molecule has 1 N–H and O–H groups in total. The number of likely N-dealkylation sites (N-methyl/N-ethyl adjacent to an activating group) is 1. The van der Waals surface area contributed by atoms with Crippen LogP contribution in [0, 0.1) is 6.92 Å². The number of hydrogen-bond acceptors (Lipinski definition) is 4. The summed E-state index contributed by atoms with van der Waals surface area (Å²) in [5.74, 6) is 1.52. The van der Waals surface area contributed by atoms with E-state index in [1.807, 2.05) is 12.1 Å². The largest absolute Gasteiger partial charge is 0.493 e. The zero-order chi connectivity index (χ0) is 15.5. The Morgan fingerprint density at radius 1 is 1.14 bits per heavy atom. The molecule has 0 aromatic heterocycles. The normalized spacial score (nSPS) is 17.2. The number of hydrogen-bond donors (Lipinski definition) is 1. The highest BCUT2D eigenvalue weighted by molar-refractivity contribution is 5.47. The van der Waals surface area contributed by atoms with E-state index in [-0.39, 0.29) is 0 Å². The highest BCUT2D eigenvalue weighted by atomic mass is 16.5. The van der Waals surface area contributed by atoms with E-state index in [0.717, 1.165) is 50.3 Å². The summed E-state index contributed by atoms with van der Waals surface area (Å²) in [6, 6.07) is 4.04. The fraction of sp³-hybridized carbons (Fsp3) is 0.647. The van der Waals surface area contributed by atoms with E-state index in [1.54, 1.807) is 14.2 Å². The van der Waals surface area contributed by atoms with E-state index in [0.29, 0.717) is 0 Å². The second-order valence-electron chi connectivity index (χ2n) is 6.24. The molecule has 2 rings (SSSR count). The second-order valence-corrected chi connectivity index (χ2v) is 6.24. The van der Waals surface area contributed by atoms with E-state index in [4.69, 9.17) is 9.47 Å². The summed E-state index contributed by atoms with van der Waals surface area (Å²) in [7, 11) is 5.37. The lowest BCUT2D eigenvalue weighted by Crippen LogP contribution is -2.38. The summed E-state index contributed by atoms with van der Waals surface area (Å²) in [4.78, 5) is 2.19. The smallest absolute Gasteiger partial charge is 0.161 e. The Morgan fingerprint density at radius 2 is 1.71 bits per heavy atom. The Kier molecular flexibility index (Phi) is 5.12. The predicted molar refractivity (Wildman–Crippen MR) is 84.0 cm³/mol. The Balaban J connectivity index is 2.08. The Labute approximate surface area is 127 Å². The van der Waals surface area contributed by atoms with E-state index in [2.05, 4.69) is 18.9 Å². The third-order valence-electron chi connectivity index (χ3n) is 4.38. The molecular weight excluding hydrogens is 266 g/mol. The van der Waals surface area contributed by atoms with Gasteiger partial charge in [-0.05, 0) is 50.1 Å². The number of rotatable bonds is 6. The van der Waals surface area contributed by atoms with Gasteiger partial charge in [0.25, 0.3) is 0 Å². The number of aliphatic hydroxyl groups is 1. The van der Waals surface area contributed by atoms with Crippen LogP contribution >= 0.6 is 0 Å². The molecule has 1 saturated carbocycles. The molecule has 0 spiro atoms. The summed E-state index contributed by atoms with van der Waals surface area (Å²) in [6.45, 7) is 3.60.